The van der Waals surface area contributed by atoms with Crippen molar-refractivity contribution in [2.45, 2.75) is 36.8 Å². The van der Waals surface area contributed by atoms with Gasteiger partial charge in [0.2, 0.25) is 0 Å². The van der Waals surface area contributed by atoms with Crippen LogP contribution in [0.4, 0.5) is 18.3 Å². The maximum Gasteiger partial charge on any atom is 0.427 e. The van der Waals surface area contributed by atoms with Gasteiger partial charge < -0.3 is 9.80 Å². The number of alkyl halides is 3. The van der Waals surface area contributed by atoms with E-state index in [-0.39, 0.29) is 15.9 Å². The number of piperazine rings is 1. The van der Waals surface area contributed by atoms with Crippen LogP contribution in [0, 0.1) is 5.92 Å². The van der Waals surface area contributed by atoms with Crippen LogP contribution in [-0.2, 0) is 22.4 Å². The Morgan fingerprint density at radius 3 is 2.44 bits per heavy atom. The van der Waals surface area contributed by atoms with Crippen molar-refractivity contribution in [3.05, 3.63) is 40.4 Å². The molecule has 0 bridgehead atoms. The molecule has 1 aromatic heterocycles. The molecule has 0 N–H and O–H groups in total. The molecule has 1 saturated heterocycles. The van der Waals surface area contributed by atoms with Crippen LogP contribution in [-0.4, -0.2) is 56.6 Å². The summed E-state index contributed by atoms with van der Waals surface area (Å²) in [5.74, 6) is 0.437. The molecule has 1 aromatic carbocycles. The second-order valence-electron chi connectivity index (χ2n) is 8.36. The van der Waals surface area contributed by atoms with E-state index in [1.807, 2.05) is 0 Å². The van der Waals surface area contributed by atoms with Crippen LogP contribution in [0.15, 0.2) is 29.3 Å². The summed E-state index contributed by atoms with van der Waals surface area (Å²) in [6, 6.07) is 4.74. The summed E-state index contributed by atoms with van der Waals surface area (Å²) in [6.45, 7) is 1.37. The van der Waals surface area contributed by atoms with Crippen LogP contribution in [0.25, 0.3) is 0 Å². The molecular weight excluding hydrogens is 463 g/mol. The van der Waals surface area contributed by atoms with Crippen molar-refractivity contribution in [1.29, 1.82) is 0 Å². The highest BCUT2D eigenvalue weighted by Crippen LogP contribution is 2.37. The third-order valence-corrected chi connectivity index (χ3v) is 8.08. The molecule has 4 rings (SSSR count). The van der Waals surface area contributed by atoms with Gasteiger partial charge in [-0.2, -0.15) is 13.2 Å². The number of carbonyl (C=O) groups is 1. The van der Waals surface area contributed by atoms with Gasteiger partial charge in [0.15, 0.2) is 15.0 Å². The minimum Gasteiger partial charge on any atom is -0.345 e. The van der Waals surface area contributed by atoms with E-state index in [4.69, 9.17) is 0 Å². The van der Waals surface area contributed by atoms with Crippen molar-refractivity contribution in [3.8, 4) is 0 Å². The Labute approximate surface area is 189 Å². The summed E-state index contributed by atoms with van der Waals surface area (Å²) in [6.07, 6.45) is 1.60. The zero-order chi connectivity index (χ0) is 23.1. The molecule has 0 unspecified atom stereocenters. The Hall–Kier alpha value is -2.14. The highest BCUT2D eigenvalue weighted by Gasteiger charge is 2.34. The van der Waals surface area contributed by atoms with E-state index in [9.17, 15) is 26.4 Å². The Balaban J connectivity index is 1.48. The quantitative estimate of drug-likeness (QED) is 0.619. The monoisotopic (exact) mass is 487 g/mol. The molecule has 2 heterocycles. The summed E-state index contributed by atoms with van der Waals surface area (Å²) in [7, 11) is -3.46. The average molecular weight is 488 g/mol. The minimum absolute atomic E-state index is 0.108. The number of carbonyl (C=O) groups excluding carboxylic acids is 1. The second-order valence-corrected chi connectivity index (χ2v) is 11.4. The number of nitrogens with zero attached hydrogens (tertiary/aromatic N) is 3. The summed E-state index contributed by atoms with van der Waals surface area (Å²) in [5, 5.41) is 0.286. The van der Waals surface area contributed by atoms with Crippen molar-refractivity contribution >= 4 is 32.2 Å². The van der Waals surface area contributed by atoms with Gasteiger partial charge in [-0.3, -0.25) is 4.79 Å². The van der Waals surface area contributed by atoms with E-state index in [2.05, 4.69) is 4.98 Å². The zero-order valence-electron chi connectivity index (χ0n) is 17.6. The molecule has 6 nitrogen and oxygen atoms in total. The number of aromatic nitrogens is 1. The van der Waals surface area contributed by atoms with E-state index < -0.39 is 20.9 Å². The van der Waals surface area contributed by atoms with E-state index in [0.717, 1.165) is 30.9 Å². The first kappa shape index (κ1) is 23.0. The van der Waals surface area contributed by atoms with Crippen LogP contribution in [0.3, 0.4) is 0 Å². The number of thiazole rings is 1. The fourth-order valence-corrected chi connectivity index (χ4v) is 5.26. The van der Waals surface area contributed by atoms with Gasteiger partial charge in [0.25, 0.3) is 5.91 Å². The Morgan fingerprint density at radius 2 is 1.88 bits per heavy atom. The van der Waals surface area contributed by atoms with Crippen molar-refractivity contribution in [3.63, 3.8) is 0 Å². The number of amides is 1. The summed E-state index contributed by atoms with van der Waals surface area (Å²) < 4.78 is 62.6. The third kappa shape index (κ3) is 5.25. The van der Waals surface area contributed by atoms with E-state index in [1.54, 1.807) is 21.9 Å². The molecule has 2 aromatic rings. The summed E-state index contributed by atoms with van der Waals surface area (Å²) >= 11 is 0.594. The van der Waals surface area contributed by atoms with Gasteiger partial charge in [0.1, 0.15) is 4.88 Å². The van der Waals surface area contributed by atoms with E-state index in [1.165, 1.54) is 18.9 Å². The lowest BCUT2D eigenvalue weighted by molar-refractivity contribution is -0.134. The number of halogens is 3. The van der Waals surface area contributed by atoms with Crippen molar-refractivity contribution in [2.24, 2.45) is 5.92 Å². The number of hydrogen-bond acceptors (Lipinski definition) is 6. The molecule has 2 fully saturated rings. The molecule has 1 aliphatic carbocycles. The maximum absolute atomic E-state index is 13.3. The van der Waals surface area contributed by atoms with Crippen molar-refractivity contribution in [2.75, 3.05) is 37.3 Å². The van der Waals surface area contributed by atoms with Crippen LogP contribution in [0.2, 0.25) is 0 Å². The molecule has 0 atom stereocenters. The maximum atomic E-state index is 13.3. The summed E-state index contributed by atoms with van der Waals surface area (Å²) in [5.41, 5.74) is 1.24. The predicted molar refractivity (Wildman–Crippen MR) is 116 cm³/mol. The lowest BCUT2D eigenvalue weighted by atomic mass is 10.00. The number of sulfone groups is 1. The molecule has 2 aliphatic rings. The lowest BCUT2D eigenvalue weighted by Crippen LogP contribution is -2.49. The normalized spacial score (nSPS) is 17.6. The first-order valence-corrected chi connectivity index (χ1v) is 13.1. The standard InChI is InChI=1S/C21H24F3N3O3S2/c1-32(29,30)16-7-6-15(5-4-14-2-3-14)17(12-16)19(28)26-8-10-27(11-9-26)20-25-13-18(31-20)21(22,23)24/h6-7,12-14H,2-5,8-11H2,1H3. The first-order valence-electron chi connectivity index (χ1n) is 10.4. The van der Waals surface area contributed by atoms with Gasteiger partial charge >= 0.3 is 6.18 Å². The number of anilines is 1. The van der Waals surface area contributed by atoms with Gasteiger partial charge in [-0.1, -0.05) is 30.2 Å². The lowest BCUT2D eigenvalue weighted by Gasteiger charge is -2.35. The molecule has 32 heavy (non-hydrogen) atoms. The SMILES string of the molecule is CS(=O)(=O)c1ccc(CCC2CC2)c(C(=O)N2CCN(c3ncc(C(F)(F)F)s3)CC2)c1. The third-order valence-electron chi connectivity index (χ3n) is 5.87. The van der Waals surface area contributed by atoms with Crippen molar-refractivity contribution in [1.82, 2.24) is 9.88 Å². The number of benzene rings is 1. The number of hydrogen-bond donors (Lipinski definition) is 0. The molecular formula is C21H24F3N3O3S2. The molecule has 1 saturated carbocycles. The van der Waals surface area contributed by atoms with Gasteiger partial charge in [-0.05, 0) is 36.5 Å². The predicted octanol–water partition coefficient (Wildman–Crippen LogP) is 3.87. The van der Waals surface area contributed by atoms with Gasteiger partial charge in [-0.25, -0.2) is 13.4 Å². The highest BCUT2D eigenvalue weighted by molar-refractivity contribution is 7.90. The fraction of sp³-hybridized carbons (Fsp3) is 0.524. The van der Waals surface area contributed by atoms with Gasteiger partial charge in [0.05, 0.1) is 11.1 Å². The topological polar surface area (TPSA) is 70.6 Å². The van der Waals surface area contributed by atoms with E-state index >= 15 is 0 Å². The van der Waals surface area contributed by atoms with Crippen LogP contribution < -0.4 is 4.90 Å². The smallest absolute Gasteiger partial charge is 0.345 e. The second kappa shape index (κ2) is 8.66. The van der Waals surface area contributed by atoms with Crippen LogP contribution in [0.1, 0.15) is 40.1 Å². The average Bonchev–Trinajstić information content (AvgIpc) is 3.42. The Kier molecular flexibility index (Phi) is 6.23. The largest absolute Gasteiger partial charge is 0.427 e. The molecule has 0 spiro atoms. The zero-order valence-corrected chi connectivity index (χ0v) is 19.2. The molecule has 11 heteroatoms. The highest BCUT2D eigenvalue weighted by atomic mass is 32.2. The number of rotatable bonds is 6. The number of aryl methyl sites for hydroxylation is 1. The van der Waals surface area contributed by atoms with Crippen LogP contribution in [0.5, 0.6) is 0 Å². The summed E-state index contributed by atoms with van der Waals surface area (Å²) in [4.78, 5) is 19.9. The molecule has 1 amide bonds. The Bertz CT molecular complexity index is 1100. The van der Waals surface area contributed by atoms with E-state index in [0.29, 0.717) is 49.0 Å². The van der Waals surface area contributed by atoms with Crippen LogP contribution >= 0.6 is 11.3 Å². The van der Waals surface area contributed by atoms with Gasteiger partial charge in [-0.15, -0.1) is 0 Å². The molecule has 0 radical (unpaired) electrons. The Morgan fingerprint density at radius 1 is 1.19 bits per heavy atom. The molecule has 1 aliphatic heterocycles. The first-order chi connectivity index (χ1) is 15.0. The van der Waals surface area contributed by atoms with Gasteiger partial charge in [0, 0.05) is 38.0 Å². The molecule has 174 valence electrons. The van der Waals surface area contributed by atoms with Crippen molar-refractivity contribution < 1.29 is 26.4 Å². The minimum atomic E-state index is -4.42. The fourth-order valence-electron chi connectivity index (χ4n) is 3.78.